The molecule has 3 atom stereocenters. The van der Waals surface area contributed by atoms with E-state index in [0.29, 0.717) is 42.9 Å². The van der Waals surface area contributed by atoms with Crippen LogP contribution in [0, 0.1) is 5.92 Å². The summed E-state index contributed by atoms with van der Waals surface area (Å²) in [6, 6.07) is 5.19. The lowest BCUT2D eigenvalue weighted by Crippen LogP contribution is -2.49. The summed E-state index contributed by atoms with van der Waals surface area (Å²) < 4.78 is 32.8. The molecule has 184 valence electrons. The average Bonchev–Trinajstić information content (AvgIpc) is 2.93. The van der Waals surface area contributed by atoms with Gasteiger partial charge < -0.3 is 20.3 Å². The summed E-state index contributed by atoms with van der Waals surface area (Å²) in [6.07, 6.45) is 6.34. The SMILES string of the molecule is C=C1CCC(N2Cc3cc(OC4CCCCCC4NCC4CC(F)(F)C4)ccc3C2=O)C(=O)N1. The number of halogens is 2. The van der Waals surface area contributed by atoms with Crippen molar-refractivity contribution >= 4 is 11.8 Å². The molecule has 3 unspecified atom stereocenters. The van der Waals surface area contributed by atoms with Crippen LogP contribution in [-0.2, 0) is 11.3 Å². The fourth-order valence-electron chi connectivity index (χ4n) is 5.77. The molecule has 5 rings (SSSR count). The number of hydrogen-bond acceptors (Lipinski definition) is 4. The van der Waals surface area contributed by atoms with Gasteiger partial charge in [0.2, 0.25) is 11.8 Å². The largest absolute Gasteiger partial charge is 0.489 e. The molecule has 8 heteroatoms. The van der Waals surface area contributed by atoms with Gasteiger partial charge >= 0.3 is 0 Å². The molecule has 34 heavy (non-hydrogen) atoms. The number of allylic oxidation sites excluding steroid dienone is 1. The molecule has 0 spiro atoms. The van der Waals surface area contributed by atoms with Crippen LogP contribution in [0.2, 0.25) is 0 Å². The van der Waals surface area contributed by atoms with Crippen molar-refractivity contribution in [3.63, 3.8) is 0 Å². The third-order valence-electron chi connectivity index (χ3n) is 7.69. The Morgan fingerprint density at radius 3 is 2.71 bits per heavy atom. The van der Waals surface area contributed by atoms with Crippen molar-refractivity contribution in [3.05, 3.63) is 41.6 Å². The van der Waals surface area contributed by atoms with Gasteiger partial charge in [-0.15, -0.1) is 0 Å². The molecule has 6 nitrogen and oxygen atoms in total. The van der Waals surface area contributed by atoms with Crippen LogP contribution in [-0.4, -0.2) is 47.4 Å². The van der Waals surface area contributed by atoms with Crippen molar-refractivity contribution in [2.24, 2.45) is 5.92 Å². The number of benzene rings is 1. The number of carbonyl (C=O) groups is 2. The Labute approximate surface area is 199 Å². The number of amides is 2. The van der Waals surface area contributed by atoms with Gasteiger partial charge in [0.05, 0.1) is 0 Å². The summed E-state index contributed by atoms with van der Waals surface area (Å²) in [5.74, 6) is -2.05. The first-order valence-electron chi connectivity index (χ1n) is 12.5. The van der Waals surface area contributed by atoms with E-state index in [1.807, 2.05) is 12.1 Å². The lowest BCUT2D eigenvalue weighted by molar-refractivity contribution is -0.126. The Hall–Kier alpha value is -2.48. The lowest BCUT2D eigenvalue weighted by Gasteiger charge is -2.37. The minimum atomic E-state index is -2.49. The maximum absolute atomic E-state index is 13.2. The zero-order valence-electron chi connectivity index (χ0n) is 19.5. The molecule has 0 aromatic heterocycles. The fourth-order valence-corrected chi connectivity index (χ4v) is 5.77. The van der Waals surface area contributed by atoms with Gasteiger partial charge in [0, 0.05) is 36.7 Å². The molecule has 2 saturated carbocycles. The molecule has 3 fully saturated rings. The van der Waals surface area contributed by atoms with E-state index in [0.717, 1.165) is 37.7 Å². The number of carbonyl (C=O) groups excluding carboxylic acids is 2. The normalized spacial score (nSPS) is 29.3. The van der Waals surface area contributed by atoms with Crippen LogP contribution in [0.5, 0.6) is 5.75 Å². The topological polar surface area (TPSA) is 70.7 Å². The number of piperidine rings is 1. The van der Waals surface area contributed by atoms with E-state index in [2.05, 4.69) is 17.2 Å². The van der Waals surface area contributed by atoms with Gasteiger partial charge in [-0.2, -0.15) is 0 Å². The monoisotopic (exact) mass is 473 g/mol. The van der Waals surface area contributed by atoms with Crippen molar-refractivity contribution in [1.29, 1.82) is 0 Å². The van der Waals surface area contributed by atoms with Gasteiger partial charge in [0.15, 0.2) is 0 Å². The third kappa shape index (κ3) is 4.83. The lowest BCUT2D eigenvalue weighted by atomic mass is 9.81. The number of alkyl halides is 2. The molecule has 2 aliphatic heterocycles. The summed E-state index contributed by atoms with van der Waals surface area (Å²) in [7, 11) is 0. The molecular weight excluding hydrogens is 440 g/mol. The minimum absolute atomic E-state index is 0.0271. The summed E-state index contributed by atoms with van der Waals surface area (Å²) in [4.78, 5) is 27.0. The summed E-state index contributed by atoms with van der Waals surface area (Å²) in [6.45, 7) is 4.80. The van der Waals surface area contributed by atoms with Crippen molar-refractivity contribution in [2.45, 2.75) is 88.4 Å². The predicted molar refractivity (Wildman–Crippen MR) is 124 cm³/mol. The highest BCUT2D eigenvalue weighted by molar-refractivity contribution is 6.01. The van der Waals surface area contributed by atoms with E-state index >= 15 is 0 Å². The first-order chi connectivity index (χ1) is 16.3. The van der Waals surface area contributed by atoms with Crippen molar-refractivity contribution in [3.8, 4) is 5.75 Å². The smallest absolute Gasteiger partial charge is 0.255 e. The van der Waals surface area contributed by atoms with Crippen LogP contribution in [0.15, 0.2) is 30.5 Å². The number of ether oxygens (including phenoxy) is 1. The van der Waals surface area contributed by atoms with Crippen molar-refractivity contribution in [1.82, 2.24) is 15.5 Å². The van der Waals surface area contributed by atoms with E-state index in [1.165, 1.54) is 0 Å². The summed E-state index contributed by atoms with van der Waals surface area (Å²) in [5, 5.41) is 6.28. The molecule has 1 aromatic carbocycles. The zero-order chi connectivity index (χ0) is 23.9. The van der Waals surface area contributed by atoms with Crippen LogP contribution < -0.4 is 15.4 Å². The van der Waals surface area contributed by atoms with E-state index in [1.54, 1.807) is 11.0 Å². The van der Waals surface area contributed by atoms with Crippen molar-refractivity contribution < 1.29 is 23.1 Å². The molecule has 2 aliphatic carbocycles. The Balaban J connectivity index is 1.24. The number of nitrogens with zero attached hydrogens (tertiary/aromatic N) is 1. The highest BCUT2D eigenvalue weighted by atomic mass is 19.3. The minimum Gasteiger partial charge on any atom is -0.489 e. The standard InChI is InChI=1S/C26H33F2N3O3/c1-16-7-10-22(24(32)30-16)31-15-18-11-19(8-9-20(18)25(31)33)34-23-6-4-2-3-5-21(23)29-14-17-12-26(27,28)13-17/h8-9,11,17,21-23,29H,1-7,10,12-15H2,(H,30,32). The van der Waals surface area contributed by atoms with Gasteiger partial charge in [0.1, 0.15) is 17.9 Å². The quantitative estimate of drug-likeness (QED) is 0.609. The number of fused-ring (bicyclic) bond motifs is 1. The fraction of sp³-hybridized carbons (Fsp3) is 0.615. The molecular formula is C26H33F2N3O3. The molecule has 2 amide bonds. The second kappa shape index (κ2) is 9.29. The van der Waals surface area contributed by atoms with Crippen LogP contribution in [0.25, 0.3) is 0 Å². The van der Waals surface area contributed by atoms with Crippen LogP contribution in [0.3, 0.4) is 0 Å². The van der Waals surface area contributed by atoms with Gasteiger partial charge in [-0.3, -0.25) is 9.59 Å². The third-order valence-corrected chi connectivity index (χ3v) is 7.69. The van der Waals surface area contributed by atoms with Crippen LogP contribution in [0.4, 0.5) is 8.78 Å². The van der Waals surface area contributed by atoms with Gasteiger partial charge in [-0.25, -0.2) is 8.78 Å². The van der Waals surface area contributed by atoms with Gasteiger partial charge in [-0.05, 0) is 68.3 Å². The first-order valence-corrected chi connectivity index (χ1v) is 12.5. The van der Waals surface area contributed by atoms with Gasteiger partial charge in [-0.1, -0.05) is 19.4 Å². The van der Waals surface area contributed by atoms with Crippen LogP contribution in [0.1, 0.15) is 73.7 Å². The van der Waals surface area contributed by atoms with E-state index in [4.69, 9.17) is 4.74 Å². The van der Waals surface area contributed by atoms with Gasteiger partial charge in [0.25, 0.3) is 5.91 Å². The predicted octanol–water partition coefficient (Wildman–Crippen LogP) is 4.15. The molecule has 2 heterocycles. The second-order valence-corrected chi connectivity index (χ2v) is 10.3. The maximum atomic E-state index is 13.2. The maximum Gasteiger partial charge on any atom is 0.255 e. The molecule has 1 aromatic rings. The zero-order valence-corrected chi connectivity index (χ0v) is 19.5. The Morgan fingerprint density at radius 1 is 1.15 bits per heavy atom. The number of nitrogens with one attached hydrogen (secondary N) is 2. The van der Waals surface area contributed by atoms with E-state index in [-0.39, 0.29) is 42.7 Å². The Bertz CT molecular complexity index is 974. The average molecular weight is 474 g/mol. The molecule has 0 radical (unpaired) electrons. The van der Waals surface area contributed by atoms with Crippen LogP contribution >= 0.6 is 0 Å². The Kier molecular flexibility index (Phi) is 6.35. The highest BCUT2D eigenvalue weighted by Crippen LogP contribution is 2.42. The summed E-state index contributed by atoms with van der Waals surface area (Å²) in [5.41, 5.74) is 2.18. The van der Waals surface area contributed by atoms with E-state index < -0.39 is 12.0 Å². The van der Waals surface area contributed by atoms with E-state index in [9.17, 15) is 18.4 Å². The molecule has 1 saturated heterocycles. The molecule has 0 bridgehead atoms. The summed E-state index contributed by atoms with van der Waals surface area (Å²) >= 11 is 0. The second-order valence-electron chi connectivity index (χ2n) is 10.3. The first kappa shape index (κ1) is 23.3. The van der Waals surface area contributed by atoms with Crippen molar-refractivity contribution in [2.75, 3.05) is 6.54 Å². The number of rotatable bonds is 6. The number of hydrogen-bond donors (Lipinski definition) is 2. The molecule has 2 N–H and O–H groups in total. The Morgan fingerprint density at radius 2 is 1.94 bits per heavy atom. The molecule has 4 aliphatic rings. The highest BCUT2D eigenvalue weighted by Gasteiger charge is 2.45.